The standard InChI is InChI=1S/C26H22Br2N2O/c1-14-23(17-8-4-6-10-21(17)29-14)25(16-12-19(27)26(31-3)20(28)13-16)24-15(2)30-22-11-7-5-9-18(22)24/h4-13,25,29-30H,1-3H3. The molecule has 0 aliphatic rings. The van der Waals surface area contributed by atoms with Crippen molar-refractivity contribution in [1.29, 1.82) is 0 Å². The molecule has 156 valence electrons. The maximum atomic E-state index is 5.57. The van der Waals surface area contributed by atoms with E-state index in [0.717, 1.165) is 25.7 Å². The van der Waals surface area contributed by atoms with Crippen molar-refractivity contribution < 1.29 is 4.74 Å². The van der Waals surface area contributed by atoms with Crippen LogP contribution in [0.5, 0.6) is 5.75 Å². The van der Waals surface area contributed by atoms with Gasteiger partial charge in [0.05, 0.1) is 16.1 Å². The number of ether oxygens (including phenoxy) is 1. The van der Waals surface area contributed by atoms with E-state index in [0.29, 0.717) is 0 Å². The summed E-state index contributed by atoms with van der Waals surface area (Å²) in [5.41, 5.74) is 8.46. The Morgan fingerprint density at radius 3 is 1.65 bits per heavy atom. The van der Waals surface area contributed by atoms with Crippen LogP contribution < -0.4 is 4.74 Å². The van der Waals surface area contributed by atoms with Gasteiger partial charge in [-0.25, -0.2) is 0 Å². The minimum Gasteiger partial charge on any atom is -0.494 e. The third-order valence-corrected chi connectivity index (χ3v) is 7.20. The summed E-state index contributed by atoms with van der Waals surface area (Å²) in [4.78, 5) is 7.20. The molecule has 0 saturated heterocycles. The molecule has 5 aromatic rings. The lowest BCUT2D eigenvalue weighted by Gasteiger charge is -2.21. The molecule has 3 aromatic carbocycles. The lowest BCUT2D eigenvalue weighted by atomic mass is 9.82. The monoisotopic (exact) mass is 536 g/mol. The van der Waals surface area contributed by atoms with Crippen LogP contribution in [0, 0.1) is 13.8 Å². The lowest BCUT2D eigenvalue weighted by molar-refractivity contribution is 0.409. The van der Waals surface area contributed by atoms with Crippen molar-refractivity contribution in [3.05, 3.63) is 97.7 Å². The van der Waals surface area contributed by atoms with Crippen molar-refractivity contribution in [3.63, 3.8) is 0 Å². The molecule has 2 N–H and O–H groups in total. The van der Waals surface area contributed by atoms with Gasteiger partial charge in [0.25, 0.3) is 0 Å². The molecule has 31 heavy (non-hydrogen) atoms. The fourth-order valence-corrected chi connectivity index (χ4v) is 6.31. The largest absolute Gasteiger partial charge is 0.494 e. The summed E-state index contributed by atoms with van der Waals surface area (Å²) in [6.45, 7) is 4.33. The maximum Gasteiger partial charge on any atom is 0.147 e. The van der Waals surface area contributed by atoms with Crippen LogP contribution in [0.25, 0.3) is 21.8 Å². The minimum absolute atomic E-state index is 0.0470. The SMILES string of the molecule is COc1c(Br)cc(C(c2c(C)[nH]c3ccccc23)c2c(C)[nH]c3ccccc23)cc1Br. The van der Waals surface area contributed by atoms with Crippen molar-refractivity contribution in [2.75, 3.05) is 7.11 Å². The van der Waals surface area contributed by atoms with Crippen molar-refractivity contribution >= 4 is 53.7 Å². The summed E-state index contributed by atoms with van der Waals surface area (Å²) < 4.78 is 7.43. The zero-order chi connectivity index (χ0) is 21.7. The number of para-hydroxylation sites is 2. The molecule has 0 unspecified atom stereocenters. The summed E-state index contributed by atoms with van der Waals surface area (Å²) >= 11 is 7.44. The first-order valence-corrected chi connectivity index (χ1v) is 11.8. The molecule has 0 atom stereocenters. The van der Waals surface area contributed by atoms with E-state index in [4.69, 9.17) is 4.74 Å². The van der Waals surface area contributed by atoms with E-state index < -0.39 is 0 Å². The third kappa shape index (κ3) is 3.31. The Hall–Kier alpha value is -2.50. The first kappa shape index (κ1) is 20.4. The number of methoxy groups -OCH3 is 1. The quantitative estimate of drug-likeness (QED) is 0.239. The second kappa shape index (κ2) is 7.88. The average molecular weight is 538 g/mol. The topological polar surface area (TPSA) is 40.8 Å². The predicted octanol–water partition coefficient (Wildman–Crippen LogP) is 7.98. The molecule has 0 bridgehead atoms. The number of aromatic nitrogens is 2. The number of H-pyrrole nitrogens is 2. The van der Waals surface area contributed by atoms with E-state index >= 15 is 0 Å². The van der Waals surface area contributed by atoms with Crippen LogP contribution in [-0.4, -0.2) is 17.1 Å². The molecule has 5 heteroatoms. The van der Waals surface area contributed by atoms with Crippen molar-refractivity contribution in [2.45, 2.75) is 19.8 Å². The molecule has 0 spiro atoms. The molecule has 0 amide bonds. The van der Waals surface area contributed by atoms with Gasteiger partial charge in [-0.2, -0.15) is 0 Å². The average Bonchev–Trinajstić information content (AvgIpc) is 3.25. The van der Waals surface area contributed by atoms with Gasteiger partial charge in [-0.3, -0.25) is 0 Å². The van der Waals surface area contributed by atoms with E-state index in [9.17, 15) is 0 Å². The Balaban J connectivity index is 1.88. The summed E-state index contributed by atoms with van der Waals surface area (Å²) in [6.07, 6.45) is 0. The Morgan fingerprint density at radius 2 is 1.19 bits per heavy atom. The van der Waals surface area contributed by atoms with Gasteiger partial charge in [-0.15, -0.1) is 0 Å². The number of hydrogen-bond acceptors (Lipinski definition) is 1. The fraction of sp³-hybridized carbons (Fsp3) is 0.154. The number of fused-ring (bicyclic) bond motifs is 2. The summed E-state index contributed by atoms with van der Waals surface area (Å²) in [5.74, 6) is 0.847. The number of aromatic amines is 2. The number of aryl methyl sites for hydroxylation is 2. The summed E-state index contributed by atoms with van der Waals surface area (Å²) in [6, 6.07) is 21.4. The van der Waals surface area contributed by atoms with Gasteiger partial charge in [0.2, 0.25) is 0 Å². The molecule has 0 saturated carbocycles. The molecule has 0 aliphatic heterocycles. The van der Waals surface area contributed by atoms with E-state index in [2.05, 4.69) is 116 Å². The van der Waals surface area contributed by atoms with Crippen LogP contribution in [0.15, 0.2) is 69.6 Å². The van der Waals surface area contributed by atoms with Crippen LogP contribution >= 0.6 is 31.9 Å². The molecular weight excluding hydrogens is 516 g/mol. The second-order valence-electron chi connectivity index (χ2n) is 7.87. The van der Waals surface area contributed by atoms with Gasteiger partial charge in [0, 0.05) is 39.1 Å². The number of halogens is 2. The Kier molecular flexibility index (Phi) is 5.19. The second-order valence-corrected chi connectivity index (χ2v) is 9.58. The molecule has 5 rings (SSSR count). The highest BCUT2D eigenvalue weighted by atomic mass is 79.9. The Bertz CT molecular complexity index is 1330. The molecule has 2 aromatic heterocycles. The summed E-state index contributed by atoms with van der Waals surface area (Å²) in [5, 5.41) is 2.50. The van der Waals surface area contributed by atoms with Gasteiger partial charge in [0.15, 0.2) is 0 Å². The zero-order valence-corrected chi connectivity index (χ0v) is 20.7. The third-order valence-electron chi connectivity index (χ3n) is 6.02. The fourth-order valence-electron chi connectivity index (χ4n) is 4.76. The Labute approximate surface area is 198 Å². The molecule has 0 fully saturated rings. The lowest BCUT2D eigenvalue weighted by Crippen LogP contribution is -2.06. The normalized spacial score (nSPS) is 11.7. The number of nitrogens with one attached hydrogen (secondary N) is 2. The van der Waals surface area contributed by atoms with Gasteiger partial charge in [0.1, 0.15) is 5.75 Å². The van der Waals surface area contributed by atoms with Crippen molar-refractivity contribution in [3.8, 4) is 5.75 Å². The van der Waals surface area contributed by atoms with E-state index in [1.54, 1.807) is 7.11 Å². The smallest absolute Gasteiger partial charge is 0.147 e. The number of rotatable bonds is 4. The Morgan fingerprint density at radius 1 is 0.742 bits per heavy atom. The first-order chi connectivity index (χ1) is 15.0. The van der Waals surface area contributed by atoms with Crippen LogP contribution in [0.4, 0.5) is 0 Å². The predicted molar refractivity (Wildman–Crippen MR) is 135 cm³/mol. The van der Waals surface area contributed by atoms with Gasteiger partial charge >= 0.3 is 0 Å². The van der Waals surface area contributed by atoms with E-state index in [1.165, 1.54) is 38.9 Å². The highest BCUT2D eigenvalue weighted by Crippen LogP contribution is 2.45. The molecular formula is C26H22Br2N2O. The first-order valence-electron chi connectivity index (χ1n) is 10.2. The van der Waals surface area contributed by atoms with Crippen LogP contribution in [0.3, 0.4) is 0 Å². The van der Waals surface area contributed by atoms with Gasteiger partial charge in [-0.1, -0.05) is 36.4 Å². The van der Waals surface area contributed by atoms with Crippen molar-refractivity contribution in [2.24, 2.45) is 0 Å². The minimum atomic E-state index is 0.0470. The van der Waals surface area contributed by atoms with Crippen LogP contribution in [0.1, 0.15) is 34.0 Å². The van der Waals surface area contributed by atoms with E-state index in [1.807, 2.05) is 0 Å². The molecule has 3 nitrogen and oxygen atoms in total. The maximum absolute atomic E-state index is 5.57. The zero-order valence-electron chi connectivity index (χ0n) is 17.5. The number of hydrogen-bond donors (Lipinski definition) is 2. The van der Waals surface area contributed by atoms with Crippen LogP contribution in [-0.2, 0) is 0 Å². The highest BCUT2D eigenvalue weighted by Gasteiger charge is 2.28. The van der Waals surface area contributed by atoms with Crippen molar-refractivity contribution in [1.82, 2.24) is 9.97 Å². The highest BCUT2D eigenvalue weighted by molar-refractivity contribution is 9.11. The molecule has 0 aliphatic carbocycles. The van der Waals surface area contributed by atoms with Crippen LogP contribution in [0.2, 0.25) is 0 Å². The number of benzene rings is 3. The molecule has 0 radical (unpaired) electrons. The molecule has 2 heterocycles. The van der Waals surface area contributed by atoms with Gasteiger partial charge in [-0.05, 0) is 86.7 Å². The van der Waals surface area contributed by atoms with E-state index in [-0.39, 0.29) is 5.92 Å². The summed E-state index contributed by atoms with van der Waals surface area (Å²) in [7, 11) is 1.69. The van der Waals surface area contributed by atoms with Gasteiger partial charge < -0.3 is 14.7 Å².